The van der Waals surface area contributed by atoms with Gasteiger partial charge in [-0.1, -0.05) is 12.1 Å². The normalized spacial score (nSPS) is 18.0. The average molecular weight is 343 g/mol. The van der Waals surface area contributed by atoms with Crippen molar-refractivity contribution >= 4 is 45.9 Å². The van der Waals surface area contributed by atoms with Crippen LogP contribution in [0.5, 0.6) is 0 Å². The lowest BCUT2D eigenvalue weighted by Crippen LogP contribution is -2.19. The van der Waals surface area contributed by atoms with Crippen LogP contribution in [-0.2, 0) is 21.4 Å². The largest absolute Gasteiger partial charge is 0.466 e. The predicted octanol–water partition coefficient (Wildman–Crippen LogP) is 1.18. The number of rotatable bonds is 3. The van der Waals surface area contributed by atoms with Crippen molar-refractivity contribution in [3.63, 3.8) is 0 Å². The Bertz CT molecular complexity index is 913. The molecule has 9 heteroatoms. The molecular weight excluding hydrogens is 330 g/mol. The number of carbonyl (C=O) groups is 2. The second-order valence-electron chi connectivity index (χ2n) is 4.86. The molecule has 8 nitrogen and oxygen atoms in total. The Morgan fingerprint density at radius 1 is 1.46 bits per heavy atom. The summed E-state index contributed by atoms with van der Waals surface area (Å²) >= 11 is 1.02. The van der Waals surface area contributed by atoms with E-state index in [9.17, 15) is 9.59 Å². The Morgan fingerprint density at radius 3 is 3.08 bits per heavy atom. The highest BCUT2D eigenvalue weighted by Gasteiger charge is 2.24. The van der Waals surface area contributed by atoms with Crippen molar-refractivity contribution in [3.05, 3.63) is 40.9 Å². The van der Waals surface area contributed by atoms with Crippen LogP contribution >= 0.6 is 11.8 Å². The number of benzene rings is 1. The first-order valence-electron chi connectivity index (χ1n) is 6.88. The summed E-state index contributed by atoms with van der Waals surface area (Å²) in [5.41, 5.74) is 1.70. The average Bonchev–Trinajstić information content (AvgIpc) is 3.08. The summed E-state index contributed by atoms with van der Waals surface area (Å²) in [4.78, 5) is 23.0. The Labute approximate surface area is 141 Å². The summed E-state index contributed by atoms with van der Waals surface area (Å²) in [5.74, 6) is -1.00. The topological polar surface area (TPSA) is 97.9 Å². The van der Waals surface area contributed by atoms with Gasteiger partial charge in [0, 0.05) is 24.7 Å². The number of hydrogen-bond acceptors (Lipinski definition) is 7. The molecule has 0 aliphatic carbocycles. The number of thioether (sulfide) groups is 1. The van der Waals surface area contributed by atoms with Gasteiger partial charge in [-0.2, -0.15) is 10.2 Å². The molecule has 0 saturated carbocycles. The van der Waals surface area contributed by atoms with Crippen LogP contribution in [0, 0.1) is 0 Å². The monoisotopic (exact) mass is 343 g/mol. The molecule has 1 aliphatic heterocycles. The summed E-state index contributed by atoms with van der Waals surface area (Å²) < 4.78 is 6.23. The molecule has 2 aromatic rings. The van der Waals surface area contributed by atoms with Crippen LogP contribution in [0.15, 0.2) is 45.6 Å². The summed E-state index contributed by atoms with van der Waals surface area (Å²) in [6, 6.07) is 5.73. The highest BCUT2D eigenvalue weighted by molar-refractivity contribution is 8.18. The van der Waals surface area contributed by atoms with E-state index in [1.54, 1.807) is 10.9 Å². The van der Waals surface area contributed by atoms with Gasteiger partial charge < -0.3 is 4.74 Å². The summed E-state index contributed by atoms with van der Waals surface area (Å²) in [7, 11) is 3.10. The number of amidine groups is 1. The molecule has 1 aromatic carbocycles. The van der Waals surface area contributed by atoms with E-state index in [0.29, 0.717) is 5.17 Å². The quantitative estimate of drug-likeness (QED) is 0.391. The van der Waals surface area contributed by atoms with Crippen LogP contribution in [0.4, 0.5) is 0 Å². The van der Waals surface area contributed by atoms with Crippen molar-refractivity contribution in [1.82, 2.24) is 15.1 Å². The van der Waals surface area contributed by atoms with Gasteiger partial charge in [-0.05, 0) is 23.4 Å². The van der Waals surface area contributed by atoms with E-state index < -0.39 is 11.9 Å². The van der Waals surface area contributed by atoms with Gasteiger partial charge in [0.05, 0.1) is 23.7 Å². The molecule has 0 bridgehead atoms. The SMILES string of the molecule is COC(=O)/C=C1/S/C(=N\N=Cc2ccc3cn(C)nc3c2)NC1=O. The second kappa shape index (κ2) is 6.67. The maximum atomic E-state index is 11.7. The van der Waals surface area contributed by atoms with E-state index in [1.165, 1.54) is 7.11 Å². The molecule has 0 spiro atoms. The number of nitrogens with one attached hydrogen (secondary N) is 1. The molecule has 1 aromatic heterocycles. The molecule has 1 saturated heterocycles. The van der Waals surface area contributed by atoms with Crippen molar-refractivity contribution in [2.45, 2.75) is 0 Å². The minimum Gasteiger partial charge on any atom is -0.466 e. The van der Waals surface area contributed by atoms with Crippen molar-refractivity contribution in [2.24, 2.45) is 17.3 Å². The van der Waals surface area contributed by atoms with Crippen LogP contribution in [0.2, 0.25) is 0 Å². The molecule has 1 aliphatic rings. The van der Waals surface area contributed by atoms with Crippen molar-refractivity contribution in [1.29, 1.82) is 0 Å². The maximum absolute atomic E-state index is 11.7. The Kier molecular flexibility index (Phi) is 4.43. The van der Waals surface area contributed by atoms with E-state index >= 15 is 0 Å². The summed E-state index contributed by atoms with van der Waals surface area (Å²) in [6.07, 6.45) is 4.60. The fraction of sp³-hybridized carbons (Fsp3) is 0.133. The van der Waals surface area contributed by atoms with Crippen LogP contribution in [-0.4, -0.2) is 40.1 Å². The standard InChI is InChI=1S/C15H13N5O3S/c1-20-8-10-4-3-9(5-11(10)19-20)7-16-18-15-17-14(22)12(24-15)6-13(21)23-2/h3-8H,1-2H3,(H,17,18,22)/b12-6+,16-7?. The Hall–Kier alpha value is -2.94. The lowest BCUT2D eigenvalue weighted by Gasteiger charge is -1.92. The third-order valence-electron chi connectivity index (χ3n) is 3.10. The van der Waals surface area contributed by atoms with Gasteiger partial charge in [-0.3, -0.25) is 14.8 Å². The minimum atomic E-state index is -0.596. The van der Waals surface area contributed by atoms with Gasteiger partial charge in [-0.15, -0.1) is 5.10 Å². The molecule has 2 heterocycles. The van der Waals surface area contributed by atoms with Gasteiger partial charge >= 0.3 is 5.97 Å². The molecule has 0 radical (unpaired) electrons. The fourth-order valence-corrected chi connectivity index (χ4v) is 2.76. The van der Waals surface area contributed by atoms with Crippen molar-refractivity contribution in [2.75, 3.05) is 7.11 Å². The minimum absolute atomic E-state index is 0.214. The number of ether oxygens (including phenoxy) is 1. The lowest BCUT2D eigenvalue weighted by atomic mass is 10.2. The molecular formula is C15H13N5O3S. The number of aromatic nitrogens is 2. The molecule has 122 valence electrons. The van der Waals surface area contributed by atoms with Gasteiger partial charge in [0.25, 0.3) is 5.91 Å². The number of carbonyl (C=O) groups excluding carboxylic acids is 2. The number of fused-ring (bicyclic) bond motifs is 1. The molecule has 1 amide bonds. The third kappa shape index (κ3) is 3.51. The highest BCUT2D eigenvalue weighted by Crippen LogP contribution is 2.23. The Balaban J connectivity index is 1.72. The molecule has 24 heavy (non-hydrogen) atoms. The summed E-state index contributed by atoms with van der Waals surface area (Å²) in [5, 5.41) is 16.1. The van der Waals surface area contributed by atoms with Crippen molar-refractivity contribution in [3.8, 4) is 0 Å². The number of amides is 1. The number of methoxy groups -OCH3 is 1. The first kappa shape index (κ1) is 15.9. The fourth-order valence-electron chi connectivity index (χ4n) is 2.03. The van der Waals surface area contributed by atoms with Crippen molar-refractivity contribution < 1.29 is 14.3 Å². The number of nitrogens with zero attached hydrogens (tertiary/aromatic N) is 4. The second-order valence-corrected chi connectivity index (χ2v) is 5.89. The van der Waals surface area contributed by atoms with Gasteiger partial charge in [-0.25, -0.2) is 4.79 Å². The number of aryl methyl sites for hydroxylation is 1. The van der Waals surface area contributed by atoms with Crippen LogP contribution in [0.1, 0.15) is 5.56 Å². The number of hydrogen-bond donors (Lipinski definition) is 1. The third-order valence-corrected chi connectivity index (χ3v) is 4.00. The Morgan fingerprint density at radius 2 is 2.29 bits per heavy atom. The highest BCUT2D eigenvalue weighted by atomic mass is 32.2. The van der Waals surface area contributed by atoms with Gasteiger partial charge in [0.15, 0.2) is 5.17 Å². The van der Waals surface area contributed by atoms with Crippen LogP contribution in [0.3, 0.4) is 0 Å². The van der Waals surface area contributed by atoms with E-state index in [1.807, 2.05) is 31.4 Å². The molecule has 1 fully saturated rings. The first-order valence-corrected chi connectivity index (χ1v) is 7.70. The van der Waals surface area contributed by atoms with E-state index in [-0.39, 0.29) is 4.91 Å². The zero-order chi connectivity index (χ0) is 17.1. The van der Waals surface area contributed by atoms with E-state index in [0.717, 1.165) is 34.3 Å². The molecule has 3 rings (SSSR count). The zero-order valence-corrected chi connectivity index (χ0v) is 13.7. The van der Waals surface area contributed by atoms with Gasteiger partial charge in [0.2, 0.25) is 0 Å². The zero-order valence-electron chi connectivity index (χ0n) is 12.9. The smallest absolute Gasteiger partial charge is 0.331 e. The van der Waals surface area contributed by atoms with Gasteiger partial charge in [0.1, 0.15) is 0 Å². The number of esters is 1. The molecule has 0 unspecified atom stereocenters. The van der Waals surface area contributed by atoms with E-state index in [2.05, 4.69) is 25.4 Å². The molecule has 1 N–H and O–H groups in total. The van der Waals surface area contributed by atoms with Crippen LogP contribution in [0.25, 0.3) is 10.9 Å². The maximum Gasteiger partial charge on any atom is 0.331 e. The van der Waals surface area contributed by atoms with Crippen LogP contribution < -0.4 is 5.32 Å². The predicted molar refractivity (Wildman–Crippen MR) is 91.6 cm³/mol. The lowest BCUT2D eigenvalue weighted by molar-refractivity contribution is -0.135. The van der Waals surface area contributed by atoms with E-state index in [4.69, 9.17) is 0 Å². The molecule has 0 atom stereocenters. The first-order chi connectivity index (χ1) is 11.5. The summed E-state index contributed by atoms with van der Waals surface area (Å²) in [6.45, 7) is 0.